The van der Waals surface area contributed by atoms with E-state index in [1.807, 2.05) is 93.8 Å². The highest BCUT2D eigenvalue weighted by molar-refractivity contribution is 7.98. The van der Waals surface area contributed by atoms with E-state index in [4.69, 9.17) is 0 Å². The number of sulfonamides is 1. The zero-order chi connectivity index (χ0) is 31.7. The number of thioether (sulfide) groups is 1. The van der Waals surface area contributed by atoms with Gasteiger partial charge in [0.05, 0.1) is 10.6 Å². The highest BCUT2D eigenvalue weighted by atomic mass is 32.2. The Kier molecular flexibility index (Phi) is 11.3. The Labute approximate surface area is 265 Å². The average Bonchev–Trinajstić information content (AvgIpc) is 3.02. The number of hydrogen-bond acceptors (Lipinski definition) is 5. The van der Waals surface area contributed by atoms with E-state index in [2.05, 4.69) is 5.32 Å². The number of likely N-dealkylation sites (N-methyl/N-ethyl adjacent to an activating group) is 1. The van der Waals surface area contributed by atoms with Crippen molar-refractivity contribution >= 4 is 39.3 Å². The molecule has 4 aromatic carbocycles. The van der Waals surface area contributed by atoms with Crippen LogP contribution in [0.1, 0.15) is 29.2 Å². The van der Waals surface area contributed by atoms with Crippen molar-refractivity contribution in [1.82, 2.24) is 10.2 Å². The molecule has 0 aliphatic rings. The van der Waals surface area contributed by atoms with Crippen LogP contribution in [0.2, 0.25) is 0 Å². The van der Waals surface area contributed by atoms with E-state index in [1.165, 1.54) is 16.7 Å². The van der Waals surface area contributed by atoms with Crippen LogP contribution < -0.4 is 9.62 Å². The second-order valence-corrected chi connectivity index (χ2v) is 13.4. The van der Waals surface area contributed by atoms with Crippen molar-refractivity contribution in [2.24, 2.45) is 0 Å². The molecule has 4 rings (SSSR count). The standard InChI is InChI=1S/C35H39N3O4S2/c1-5-36-35(40)33(23-28-11-7-6-8-12-28)37(24-29-13-9-10-27(3)22-29)34(39)25-38(30-16-14-26(2)15-17-30)44(41,42)32-20-18-31(43-4)19-21-32/h6-22,33H,5,23-25H2,1-4H3,(H,36,40)/t33-/m0/s1. The lowest BCUT2D eigenvalue weighted by molar-refractivity contribution is -0.140. The fourth-order valence-corrected chi connectivity index (χ4v) is 6.79. The lowest BCUT2D eigenvalue weighted by Gasteiger charge is -2.34. The van der Waals surface area contributed by atoms with Crippen LogP contribution in [0.25, 0.3) is 0 Å². The number of anilines is 1. The molecule has 44 heavy (non-hydrogen) atoms. The van der Waals surface area contributed by atoms with Gasteiger partial charge in [0, 0.05) is 24.4 Å². The molecule has 9 heteroatoms. The van der Waals surface area contributed by atoms with E-state index in [0.717, 1.165) is 31.5 Å². The fourth-order valence-electron chi connectivity index (χ4n) is 4.97. The first-order chi connectivity index (χ1) is 21.1. The van der Waals surface area contributed by atoms with E-state index >= 15 is 0 Å². The quantitative estimate of drug-likeness (QED) is 0.184. The molecule has 0 bridgehead atoms. The van der Waals surface area contributed by atoms with Gasteiger partial charge in [-0.1, -0.05) is 77.9 Å². The SMILES string of the molecule is CCNC(=O)[C@H](Cc1ccccc1)N(Cc1cccc(C)c1)C(=O)CN(c1ccc(C)cc1)S(=O)(=O)c1ccc(SC)cc1. The van der Waals surface area contributed by atoms with Gasteiger partial charge in [-0.3, -0.25) is 13.9 Å². The molecule has 0 saturated carbocycles. The maximum absolute atomic E-state index is 14.4. The molecule has 7 nitrogen and oxygen atoms in total. The Morgan fingerprint density at radius 3 is 2.09 bits per heavy atom. The minimum absolute atomic E-state index is 0.0819. The summed E-state index contributed by atoms with van der Waals surface area (Å²) in [7, 11) is -4.14. The summed E-state index contributed by atoms with van der Waals surface area (Å²) in [6.07, 6.45) is 2.20. The van der Waals surface area contributed by atoms with E-state index in [1.54, 1.807) is 36.4 Å². The van der Waals surface area contributed by atoms with Crippen LogP contribution in [0.4, 0.5) is 5.69 Å². The first-order valence-electron chi connectivity index (χ1n) is 14.5. The summed E-state index contributed by atoms with van der Waals surface area (Å²) in [5.74, 6) is -0.779. The zero-order valence-electron chi connectivity index (χ0n) is 25.6. The zero-order valence-corrected chi connectivity index (χ0v) is 27.2. The van der Waals surface area contributed by atoms with Crippen molar-refractivity contribution < 1.29 is 18.0 Å². The maximum Gasteiger partial charge on any atom is 0.264 e. The molecule has 0 fully saturated rings. The second kappa shape index (κ2) is 15.1. The first kappa shape index (κ1) is 32.8. The Morgan fingerprint density at radius 1 is 0.818 bits per heavy atom. The van der Waals surface area contributed by atoms with Gasteiger partial charge in [0.1, 0.15) is 12.6 Å². The van der Waals surface area contributed by atoms with Crippen LogP contribution in [0, 0.1) is 13.8 Å². The van der Waals surface area contributed by atoms with E-state index in [-0.39, 0.29) is 23.8 Å². The van der Waals surface area contributed by atoms with Crippen molar-refractivity contribution in [2.45, 2.75) is 49.6 Å². The number of nitrogens with zero attached hydrogens (tertiary/aromatic N) is 2. The molecular formula is C35H39N3O4S2. The molecule has 0 saturated heterocycles. The molecule has 1 atom stereocenters. The van der Waals surface area contributed by atoms with Crippen LogP contribution in [-0.2, 0) is 32.6 Å². The normalized spacial score (nSPS) is 11.9. The average molecular weight is 630 g/mol. The minimum atomic E-state index is -4.14. The van der Waals surface area contributed by atoms with E-state index in [9.17, 15) is 18.0 Å². The van der Waals surface area contributed by atoms with Crippen LogP contribution >= 0.6 is 11.8 Å². The number of carbonyl (C=O) groups excluding carboxylic acids is 2. The van der Waals surface area contributed by atoms with Gasteiger partial charge in [0.15, 0.2) is 0 Å². The summed E-state index contributed by atoms with van der Waals surface area (Å²) >= 11 is 1.51. The lowest BCUT2D eigenvalue weighted by atomic mass is 10.0. The number of rotatable bonds is 13. The highest BCUT2D eigenvalue weighted by Gasteiger charge is 2.34. The molecule has 0 aliphatic heterocycles. The van der Waals surface area contributed by atoms with E-state index < -0.39 is 28.5 Å². The van der Waals surface area contributed by atoms with Gasteiger partial charge < -0.3 is 10.2 Å². The fraction of sp³-hybridized carbons (Fsp3) is 0.257. The molecule has 0 spiro atoms. The molecular weight excluding hydrogens is 591 g/mol. The monoisotopic (exact) mass is 629 g/mol. The molecule has 0 unspecified atom stereocenters. The number of nitrogens with one attached hydrogen (secondary N) is 1. The Morgan fingerprint density at radius 2 is 1.48 bits per heavy atom. The van der Waals surface area contributed by atoms with Crippen molar-refractivity contribution in [1.29, 1.82) is 0 Å². The number of aryl methyl sites for hydroxylation is 2. The van der Waals surface area contributed by atoms with Crippen molar-refractivity contribution in [3.8, 4) is 0 Å². The number of amides is 2. The molecule has 1 N–H and O–H groups in total. The number of carbonyl (C=O) groups is 2. The van der Waals surface area contributed by atoms with Gasteiger partial charge in [-0.05, 0) is 74.6 Å². The van der Waals surface area contributed by atoms with Gasteiger partial charge in [-0.15, -0.1) is 11.8 Å². The van der Waals surface area contributed by atoms with E-state index in [0.29, 0.717) is 12.2 Å². The summed E-state index contributed by atoms with van der Waals surface area (Å²) < 4.78 is 29.4. The second-order valence-electron chi connectivity index (χ2n) is 10.6. The molecule has 0 radical (unpaired) electrons. The third-order valence-corrected chi connectivity index (χ3v) is 9.84. The van der Waals surface area contributed by atoms with Gasteiger partial charge >= 0.3 is 0 Å². The summed E-state index contributed by atoms with van der Waals surface area (Å²) in [6, 6.07) is 30.1. The van der Waals surface area contributed by atoms with Crippen LogP contribution in [0.15, 0.2) is 113 Å². The van der Waals surface area contributed by atoms with Crippen molar-refractivity contribution in [3.05, 3.63) is 125 Å². The molecule has 4 aromatic rings. The Balaban J connectivity index is 1.79. The summed E-state index contributed by atoms with van der Waals surface area (Å²) in [4.78, 5) is 30.5. The minimum Gasteiger partial charge on any atom is -0.355 e. The Bertz CT molecular complexity index is 1660. The third kappa shape index (κ3) is 8.30. The number of benzene rings is 4. The number of hydrogen-bond donors (Lipinski definition) is 1. The topological polar surface area (TPSA) is 86.8 Å². The van der Waals surface area contributed by atoms with Crippen molar-refractivity contribution in [2.75, 3.05) is 23.7 Å². The smallest absolute Gasteiger partial charge is 0.264 e. The molecule has 0 aromatic heterocycles. The highest BCUT2D eigenvalue weighted by Crippen LogP contribution is 2.27. The summed E-state index contributed by atoms with van der Waals surface area (Å²) in [6.45, 7) is 5.77. The third-order valence-electron chi connectivity index (χ3n) is 7.31. The maximum atomic E-state index is 14.4. The Hall–Kier alpha value is -4.08. The van der Waals surface area contributed by atoms with Gasteiger partial charge in [0.25, 0.3) is 10.0 Å². The predicted octanol–water partition coefficient (Wildman–Crippen LogP) is 6.00. The van der Waals surface area contributed by atoms with Crippen LogP contribution in [-0.4, -0.2) is 50.5 Å². The summed E-state index contributed by atoms with van der Waals surface area (Å²) in [5.41, 5.74) is 4.08. The molecule has 230 valence electrons. The predicted molar refractivity (Wildman–Crippen MR) is 178 cm³/mol. The van der Waals surface area contributed by atoms with Gasteiger partial charge in [-0.2, -0.15) is 0 Å². The van der Waals surface area contributed by atoms with Gasteiger partial charge in [-0.25, -0.2) is 8.42 Å². The molecule has 0 heterocycles. The van der Waals surface area contributed by atoms with Crippen LogP contribution in [0.3, 0.4) is 0 Å². The summed E-state index contributed by atoms with van der Waals surface area (Å²) in [5, 5.41) is 2.89. The van der Waals surface area contributed by atoms with Crippen molar-refractivity contribution in [3.63, 3.8) is 0 Å². The first-order valence-corrected chi connectivity index (χ1v) is 17.2. The van der Waals surface area contributed by atoms with Crippen LogP contribution in [0.5, 0.6) is 0 Å². The molecule has 0 aliphatic carbocycles. The van der Waals surface area contributed by atoms with Gasteiger partial charge in [0.2, 0.25) is 11.8 Å². The molecule has 2 amide bonds. The largest absolute Gasteiger partial charge is 0.355 e. The lowest BCUT2D eigenvalue weighted by Crippen LogP contribution is -2.53.